The zero-order chi connectivity index (χ0) is 22.2. The second-order valence-electron chi connectivity index (χ2n) is 8.77. The standard InChI is InChI=1S/C26H35N5O.HI/c1-27-26(28-17-21-10-12-22(13-11-21)19-30-14-4-5-15-30)29-18-23-7-2-3-8-24(23)20-31-16-6-9-25(31)32;/h2-3,7-8,10-13H,4-6,9,14-20H2,1H3,(H2,27,28,29);1H. The number of rotatable bonds is 8. The number of halogens is 1. The van der Waals surface area contributed by atoms with Crippen molar-refractivity contribution in [2.45, 2.75) is 51.9 Å². The van der Waals surface area contributed by atoms with Crippen molar-refractivity contribution in [1.82, 2.24) is 20.4 Å². The molecule has 2 heterocycles. The number of hydrogen-bond acceptors (Lipinski definition) is 3. The van der Waals surface area contributed by atoms with E-state index in [9.17, 15) is 4.79 Å². The summed E-state index contributed by atoms with van der Waals surface area (Å²) in [7, 11) is 1.79. The second kappa shape index (κ2) is 12.9. The third-order valence-electron chi connectivity index (χ3n) is 6.41. The molecule has 0 bridgehead atoms. The molecule has 0 atom stereocenters. The SMILES string of the molecule is CN=C(NCc1ccc(CN2CCCC2)cc1)NCc1ccccc1CN1CCCC1=O.I. The molecule has 2 aromatic carbocycles. The number of hydrogen-bond donors (Lipinski definition) is 2. The van der Waals surface area contributed by atoms with Crippen LogP contribution in [0, 0.1) is 0 Å². The van der Waals surface area contributed by atoms with Gasteiger partial charge in [-0.25, -0.2) is 0 Å². The van der Waals surface area contributed by atoms with Crippen molar-refractivity contribution in [3.63, 3.8) is 0 Å². The Morgan fingerprint density at radius 2 is 1.52 bits per heavy atom. The van der Waals surface area contributed by atoms with Gasteiger partial charge in [-0.1, -0.05) is 48.5 Å². The molecule has 0 aromatic heterocycles. The van der Waals surface area contributed by atoms with Crippen LogP contribution in [0.3, 0.4) is 0 Å². The molecule has 0 radical (unpaired) electrons. The van der Waals surface area contributed by atoms with E-state index in [0.29, 0.717) is 19.5 Å². The van der Waals surface area contributed by atoms with Crippen LogP contribution in [0.2, 0.25) is 0 Å². The summed E-state index contributed by atoms with van der Waals surface area (Å²) in [5.74, 6) is 1.04. The van der Waals surface area contributed by atoms with Crippen molar-refractivity contribution in [3.05, 3.63) is 70.8 Å². The summed E-state index contributed by atoms with van der Waals surface area (Å²) in [6.07, 6.45) is 4.30. The largest absolute Gasteiger partial charge is 0.352 e. The number of amides is 1. The number of guanidine groups is 1. The van der Waals surface area contributed by atoms with E-state index in [1.54, 1.807) is 7.05 Å². The van der Waals surface area contributed by atoms with Gasteiger partial charge in [0.25, 0.3) is 0 Å². The molecule has 0 saturated carbocycles. The van der Waals surface area contributed by atoms with E-state index in [-0.39, 0.29) is 29.9 Å². The van der Waals surface area contributed by atoms with Crippen molar-refractivity contribution >= 4 is 35.8 Å². The van der Waals surface area contributed by atoms with Crippen LogP contribution in [-0.4, -0.2) is 48.3 Å². The molecule has 0 unspecified atom stereocenters. The molecule has 7 heteroatoms. The van der Waals surface area contributed by atoms with Crippen LogP contribution < -0.4 is 10.6 Å². The first-order valence-corrected chi connectivity index (χ1v) is 11.8. The van der Waals surface area contributed by atoms with Crippen LogP contribution in [0.25, 0.3) is 0 Å². The Hall–Kier alpha value is -2.13. The summed E-state index contributed by atoms with van der Waals surface area (Å²) in [5.41, 5.74) is 5.01. The van der Waals surface area contributed by atoms with Gasteiger partial charge in [0, 0.05) is 46.2 Å². The number of carbonyl (C=O) groups excluding carboxylic acids is 1. The van der Waals surface area contributed by atoms with Gasteiger partial charge in [-0.15, -0.1) is 24.0 Å². The lowest BCUT2D eigenvalue weighted by molar-refractivity contribution is -0.128. The highest BCUT2D eigenvalue weighted by Gasteiger charge is 2.20. The number of nitrogens with zero attached hydrogens (tertiary/aromatic N) is 3. The summed E-state index contributed by atoms with van der Waals surface area (Å²) in [4.78, 5) is 20.9. The van der Waals surface area contributed by atoms with E-state index in [1.165, 1.54) is 48.2 Å². The predicted octanol–water partition coefficient (Wildman–Crippen LogP) is 3.89. The molecular formula is C26H36IN5O. The average molecular weight is 562 g/mol. The maximum Gasteiger partial charge on any atom is 0.222 e. The molecule has 0 aliphatic carbocycles. The molecule has 2 aliphatic heterocycles. The highest BCUT2D eigenvalue weighted by molar-refractivity contribution is 14.0. The molecule has 2 fully saturated rings. The number of nitrogens with one attached hydrogen (secondary N) is 2. The fourth-order valence-corrected chi connectivity index (χ4v) is 4.51. The summed E-state index contributed by atoms with van der Waals surface area (Å²) in [5, 5.41) is 6.83. The third-order valence-corrected chi connectivity index (χ3v) is 6.41. The molecule has 178 valence electrons. The van der Waals surface area contributed by atoms with Crippen LogP contribution in [0.5, 0.6) is 0 Å². The van der Waals surface area contributed by atoms with Gasteiger partial charge in [0.1, 0.15) is 0 Å². The van der Waals surface area contributed by atoms with Crippen molar-refractivity contribution in [2.75, 3.05) is 26.7 Å². The molecule has 0 spiro atoms. The minimum absolute atomic E-state index is 0. The zero-order valence-corrected chi connectivity index (χ0v) is 21.9. The maximum atomic E-state index is 12.0. The summed E-state index contributed by atoms with van der Waals surface area (Å²) >= 11 is 0. The van der Waals surface area contributed by atoms with E-state index in [0.717, 1.165) is 32.0 Å². The molecular weight excluding hydrogens is 525 g/mol. The Morgan fingerprint density at radius 1 is 0.848 bits per heavy atom. The van der Waals surface area contributed by atoms with Crippen LogP contribution in [0.4, 0.5) is 0 Å². The lowest BCUT2D eigenvalue weighted by Crippen LogP contribution is -2.36. The first kappa shape index (κ1) is 25.5. The molecule has 1 amide bonds. The first-order valence-electron chi connectivity index (χ1n) is 11.8. The lowest BCUT2D eigenvalue weighted by Gasteiger charge is -2.19. The smallest absolute Gasteiger partial charge is 0.222 e. The number of carbonyl (C=O) groups is 1. The van der Waals surface area contributed by atoms with Gasteiger partial charge in [-0.2, -0.15) is 0 Å². The summed E-state index contributed by atoms with van der Waals surface area (Å²) < 4.78 is 0. The third kappa shape index (κ3) is 7.43. The van der Waals surface area contributed by atoms with Gasteiger partial charge in [-0.05, 0) is 54.6 Å². The maximum absolute atomic E-state index is 12.0. The number of aliphatic imine (C=N–C) groups is 1. The number of benzene rings is 2. The predicted molar refractivity (Wildman–Crippen MR) is 144 cm³/mol. The molecule has 4 rings (SSSR count). The zero-order valence-electron chi connectivity index (χ0n) is 19.6. The highest BCUT2D eigenvalue weighted by Crippen LogP contribution is 2.17. The minimum atomic E-state index is 0. The van der Waals surface area contributed by atoms with Crippen molar-refractivity contribution < 1.29 is 4.79 Å². The van der Waals surface area contributed by atoms with E-state index >= 15 is 0 Å². The Labute approximate surface area is 214 Å². The molecule has 6 nitrogen and oxygen atoms in total. The van der Waals surface area contributed by atoms with Crippen molar-refractivity contribution in [1.29, 1.82) is 0 Å². The highest BCUT2D eigenvalue weighted by atomic mass is 127. The van der Waals surface area contributed by atoms with Crippen LogP contribution >= 0.6 is 24.0 Å². The van der Waals surface area contributed by atoms with E-state index < -0.39 is 0 Å². The fraction of sp³-hybridized carbons (Fsp3) is 0.462. The van der Waals surface area contributed by atoms with Crippen LogP contribution in [-0.2, 0) is 31.0 Å². The Morgan fingerprint density at radius 3 is 2.18 bits per heavy atom. The Kier molecular flexibility index (Phi) is 9.99. The van der Waals surface area contributed by atoms with E-state index in [2.05, 4.69) is 56.9 Å². The van der Waals surface area contributed by atoms with Gasteiger partial charge < -0.3 is 15.5 Å². The van der Waals surface area contributed by atoms with Crippen LogP contribution in [0.15, 0.2) is 53.5 Å². The number of likely N-dealkylation sites (tertiary alicyclic amines) is 2. The monoisotopic (exact) mass is 561 g/mol. The second-order valence-corrected chi connectivity index (χ2v) is 8.77. The van der Waals surface area contributed by atoms with Gasteiger partial charge in [0.05, 0.1) is 0 Å². The minimum Gasteiger partial charge on any atom is -0.352 e. The quantitative estimate of drug-likeness (QED) is 0.292. The van der Waals surface area contributed by atoms with Gasteiger partial charge in [-0.3, -0.25) is 14.7 Å². The van der Waals surface area contributed by atoms with Gasteiger partial charge in [0.2, 0.25) is 5.91 Å². The normalized spacial score (nSPS) is 16.7. The van der Waals surface area contributed by atoms with Crippen molar-refractivity contribution in [2.24, 2.45) is 4.99 Å². The molecule has 2 saturated heterocycles. The lowest BCUT2D eigenvalue weighted by atomic mass is 10.1. The first-order chi connectivity index (χ1) is 15.7. The van der Waals surface area contributed by atoms with E-state index in [4.69, 9.17) is 0 Å². The molecule has 2 aromatic rings. The Balaban J connectivity index is 0.00000306. The van der Waals surface area contributed by atoms with Crippen LogP contribution in [0.1, 0.15) is 47.9 Å². The average Bonchev–Trinajstić information content (AvgIpc) is 3.48. The Bertz CT molecular complexity index is 925. The van der Waals surface area contributed by atoms with Gasteiger partial charge >= 0.3 is 0 Å². The molecule has 33 heavy (non-hydrogen) atoms. The topological polar surface area (TPSA) is 60.0 Å². The van der Waals surface area contributed by atoms with Crippen molar-refractivity contribution in [3.8, 4) is 0 Å². The summed E-state index contributed by atoms with van der Waals surface area (Å²) in [6, 6.07) is 17.2. The van der Waals surface area contributed by atoms with Gasteiger partial charge in [0.15, 0.2) is 5.96 Å². The molecule has 2 N–H and O–H groups in total. The fourth-order valence-electron chi connectivity index (χ4n) is 4.51. The molecule has 2 aliphatic rings. The summed E-state index contributed by atoms with van der Waals surface area (Å²) in [6.45, 7) is 6.46. The van der Waals surface area contributed by atoms with E-state index in [1.807, 2.05) is 17.0 Å².